The second kappa shape index (κ2) is 5.39. The first kappa shape index (κ1) is 13.9. The smallest absolute Gasteiger partial charge is 0.138 e. The number of aromatic nitrogens is 2. The van der Waals surface area contributed by atoms with Gasteiger partial charge >= 0.3 is 0 Å². The molecule has 1 saturated heterocycles. The average Bonchev–Trinajstić information content (AvgIpc) is 2.68. The van der Waals surface area contributed by atoms with E-state index in [2.05, 4.69) is 48.8 Å². The van der Waals surface area contributed by atoms with Crippen molar-refractivity contribution in [1.82, 2.24) is 14.7 Å². The number of imidazole rings is 1. The fourth-order valence-corrected chi connectivity index (χ4v) is 3.17. The van der Waals surface area contributed by atoms with Crippen LogP contribution in [0.15, 0.2) is 29.4 Å². The van der Waals surface area contributed by atoms with Crippen LogP contribution in [0.25, 0.3) is 5.65 Å². The van der Waals surface area contributed by atoms with Gasteiger partial charge in [0.1, 0.15) is 10.7 Å². The van der Waals surface area contributed by atoms with E-state index in [-0.39, 0.29) is 5.54 Å². The van der Waals surface area contributed by atoms with E-state index < -0.39 is 0 Å². The molecule has 0 saturated carbocycles. The Kier molecular flexibility index (Phi) is 3.75. The minimum atomic E-state index is 0.0977. The second-order valence-electron chi connectivity index (χ2n) is 6.17. The van der Waals surface area contributed by atoms with Gasteiger partial charge in [0.2, 0.25) is 0 Å². The first-order valence-electron chi connectivity index (χ1n) is 6.98. The molecule has 0 bridgehead atoms. The molecule has 0 aliphatic carbocycles. The van der Waals surface area contributed by atoms with E-state index >= 15 is 0 Å². The standard InChI is InChI=1S/C15H21N3OS/c1-15(2,3)16-8-12-14(20-11-9-19-10-11)17-13-6-4-5-7-18(12)13/h4-7,11,16H,8-10H2,1-3H3. The highest BCUT2D eigenvalue weighted by atomic mass is 32.2. The number of ether oxygens (including phenoxy) is 1. The SMILES string of the molecule is CC(C)(C)NCc1c(SC2COC2)nc2ccccn12. The molecule has 4 nitrogen and oxygen atoms in total. The molecular weight excluding hydrogens is 270 g/mol. The van der Waals surface area contributed by atoms with Gasteiger partial charge in [0.25, 0.3) is 0 Å². The molecule has 2 aromatic rings. The zero-order chi connectivity index (χ0) is 14.2. The molecule has 5 heteroatoms. The highest BCUT2D eigenvalue weighted by Crippen LogP contribution is 2.31. The van der Waals surface area contributed by atoms with E-state index in [1.54, 1.807) is 0 Å². The van der Waals surface area contributed by atoms with Crippen LogP contribution in [0.2, 0.25) is 0 Å². The molecule has 20 heavy (non-hydrogen) atoms. The topological polar surface area (TPSA) is 38.6 Å². The Morgan fingerprint density at radius 2 is 2.20 bits per heavy atom. The maximum Gasteiger partial charge on any atom is 0.138 e. The average molecular weight is 291 g/mol. The third kappa shape index (κ3) is 3.00. The van der Waals surface area contributed by atoms with Crippen molar-refractivity contribution in [3.8, 4) is 0 Å². The summed E-state index contributed by atoms with van der Waals surface area (Å²) in [4.78, 5) is 4.77. The van der Waals surface area contributed by atoms with Gasteiger partial charge in [-0.05, 0) is 32.9 Å². The van der Waals surface area contributed by atoms with Crippen LogP contribution in [0.4, 0.5) is 0 Å². The normalized spacial score (nSPS) is 16.6. The molecule has 1 fully saturated rings. The Balaban J connectivity index is 1.90. The molecule has 0 radical (unpaired) electrons. The number of pyridine rings is 1. The number of thioether (sulfide) groups is 1. The van der Waals surface area contributed by atoms with Crippen molar-refractivity contribution < 1.29 is 4.74 Å². The van der Waals surface area contributed by atoms with Crippen LogP contribution < -0.4 is 5.32 Å². The van der Waals surface area contributed by atoms with Crippen molar-refractivity contribution in [3.63, 3.8) is 0 Å². The van der Waals surface area contributed by atoms with Gasteiger partial charge in [-0.25, -0.2) is 4.98 Å². The van der Waals surface area contributed by atoms with Crippen LogP contribution in [-0.4, -0.2) is 33.4 Å². The van der Waals surface area contributed by atoms with Crippen molar-refractivity contribution >= 4 is 17.4 Å². The number of nitrogens with one attached hydrogen (secondary N) is 1. The van der Waals surface area contributed by atoms with E-state index in [4.69, 9.17) is 9.72 Å². The molecule has 3 rings (SSSR count). The largest absolute Gasteiger partial charge is 0.379 e. The third-order valence-corrected chi connectivity index (χ3v) is 4.42. The fraction of sp³-hybridized carbons (Fsp3) is 0.533. The van der Waals surface area contributed by atoms with E-state index in [1.807, 2.05) is 17.8 Å². The van der Waals surface area contributed by atoms with Gasteiger partial charge in [0.15, 0.2) is 0 Å². The Morgan fingerprint density at radius 3 is 2.85 bits per heavy atom. The van der Waals surface area contributed by atoms with Gasteiger partial charge < -0.3 is 14.5 Å². The zero-order valence-corrected chi connectivity index (χ0v) is 13.0. The van der Waals surface area contributed by atoms with Gasteiger partial charge in [-0.15, -0.1) is 0 Å². The number of rotatable bonds is 4. The number of hydrogen-bond acceptors (Lipinski definition) is 4. The Bertz CT molecular complexity index is 599. The van der Waals surface area contributed by atoms with Crippen LogP contribution >= 0.6 is 11.8 Å². The summed E-state index contributed by atoms with van der Waals surface area (Å²) in [6.07, 6.45) is 2.09. The van der Waals surface area contributed by atoms with E-state index in [0.717, 1.165) is 30.4 Å². The molecule has 1 aliphatic heterocycles. The number of nitrogens with zero attached hydrogens (tertiary/aromatic N) is 2. The molecule has 0 unspecified atom stereocenters. The highest BCUT2D eigenvalue weighted by molar-refractivity contribution is 8.00. The van der Waals surface area contributed by atoms with Crippen molar-refractivity contribution in [2.24, 2.45) is 0 Å². The van der Waals surface area contributed by atoms with Crippen LogP contribution in [0.3, 0.4) is 0 Å². The van der Waals surface area contributed by atoms with E-state index in [1.165, 1.54) is 5.69 Å². The summed E-state index contributed by atoms with van der Waals surface area (Å²) in [7, 11) is 0. The monoisotopic (exact) mass is 291 g/mol. The third-order valence-electron chi connectivity index (χ3n) is 3.26. The Morgan fingerprint density at radius 1 is 1.40 bits per heavy atom. The van der Waals surface area contributed by atoms with Crippen molar-refractivity contribution in [2.45, 2.75) is 43.1 Å². The molecule has 2 aromatic heterocycles. The summed E-state index contributed by atoms with van der Waals surface area (Å²) in [6.45, 7) is 9.05. The lowest BCUT2D eigenvalue weighted by Gasteiger charge is -2.25. The summed E-state index contributed by atoms with van der Waals surface area (Å²) in [5.74, 6) is 0. The predicted molar refractivity (Wildman–Crippen MR) is 82.2 cm³/mol. The zero-order valence-electron chi connectivity index (χ0n) is 12.2. The fourth-order valence-electron chi connectivity index (χ4n) is 2.07. The summed E-state index contributed by atoms with van der Waals surface area (Å²) >= 11 is 1.84. The molecule has 0 amide bonds. The quantitative estimate of drug-likeness (QED) is 0.940. The van der Waals surface area contributed by atoms with Gasteiger partial charge in [0.05, 0.1) is 24.2 Å². The molecule has 0 atom stereocenters. The van der Waals surface area contributed by atoms with Gasteiger partial charge in [-0.2, -0.15) is 0 Å². The summed E-state index contributed by atoms with van der Waals surface area (Å²) < 4.78 is 7.45. The molecule has 1 aliphatic rings. The van der Waals surface area contributed by atoms with E-state index in [0.29, 0.717) is 5.25 Å². The van der Waals surface area contributed by atoms with Crippen LogP contribution in [-0.2, 0) is 11.3 Å². The predicted octanol–water partition coefficient (Wildman–Crippen LogP) is 2.71. The van der Waals surface area contributed by atoms with Crippen molar-refractivity contribution in [2.75, 3.05) is 13.2 Å². The minimum absolute atomic E-state index is 0.0977. The first-order chi connectivity index (χ1) is 9.53. The van der Waals surface area contributed by atoms with Gasteiger partial charge in [0, 0.05) is 18.3 Å². The maximum absolute atomic E-state index is 5.26. The number of hydrogen-bond donors (Lipinski definition) is 1. The highest BCUT2D eigenvalue weighted by Gasteiger charge is 2.24. The Labute approximate surface area is 123 Å². The van der Waals surface area contributed by atoms with Crippen LogP contribution in [0.1, 0.15) is 26.5 Å². The molecule has 0 aromatic carbocycles. The summed E-state index contributed by atoms with van der Waals surface area (Å²) in [5.41, 5.74) is 2.36. The second-order valence-corrected chi connectivity index (χ2v) is 7.46. The molecule has 1 N–H and O–H groups in total. The van der Waals surface area contributed by atoms with Gasteiger partial charge in [-0.3, -0.25) is 0 Å². The lowest BCUT2D eigenvalue weighted by molar-refractivity contribution is 0.0454. The number of fused-ring (bicyclic) bond motifs is 1. The van der Waals surface area contributed by atoms with Crippen LogP contribution in [0.5, 0.6) is 0 Å². The lowest BCUT2D eigenvalue weighted by Crippen LogP contribution is -2.35. The molecule has 0 spiro atoms. The van der Waals surface area contributed by atoms with Crippen molar-refractivity contribution in [3.05, 3.63) is 30.1 Å². The Hall–Kier alpha value is -1.04. The van der Waals surface area contributed by atoms with E-state index in [9.17, 15) is 0 Å². The van der Waals surface area contributed by atoms with Gasteiger partial charge in [-0.1, -0.05) is 17.8 Å². The first-order valence-corrected chi connectivity index (χ1v) is 7.86. The lowest BCUT2D eigenvalue weighted by atomic mass is 10.1. The summed E-state index contributed by atoms with van der Waals surface area (Å²) in [5, 5.41) is 5.24. The minimum Gasteiger partial charge on any atom is -0.379 e. The molecule has 3 heterocycles. The van der Waals surface area contributed by atoms with Crippen molar-refractivity contribution in [1.29, 1.82) is 0 Å². The molecule has 108 valence electrons. The summed E-state index contributed by atoms with van der Waals surface area (Å²) in [6, 6.07) is 6.14. The maximum atomic E-state index is 5.26. The van der Waals surface area contributed by atoms with Crippen LogP contribution in [0, 0.1) is 0 Å². The molecular formula is C15H21N3OS.